The van der Waals surface area contributed by atoms with E-state index in [4.69, 9.17) is 0 Å². The minimum Gasteiger partial charge on any atom is -0.348 e. The van der Waals surface area contributed by atoms with Crippen LogP contribution in [-0.4, -0.2) is 18.0 Å². The smallest absolute Gasteiger partial charge is 0.278 e. The zero-order valence-electron chi connectivity index (χ0n) is 12.7. The monoisotopic (exact) mass is 283 g/mol. The molecule has 110 valence electrons. The van der Waals surface area contributed by atoms with Crippen molar-refractivity contribution in [1.29, 1.82) is 0 Å². The van der Waals surface area contributed by atoms with Gasteiger partial charge < -0.3 is 10.6 Å². The van der Waals surface area contributed by atoms with Gasteiger partial charge in [-0.2, -0.15) is 0 Å². The summed E-state index contributed by atoms with van der Waals surface area (Å²) in [5.41, 5.74) is 1.29. The molecule has 1 aliphatic rings. The van der Waals surface area contributed by atoms with E-state index in [1.807, 2.05) is 6.92 Å². The molecular weight excluding hydrogens is 260 g/mol. The molecule has 1 amide bonds. The number of benzene rings is 2. The van der Waals surface area contributed by atoms with Gasteiger partial charge >= 0.3 is 0 Å². The Balaban J connectivity index is 1.74. The minimum absolute atomic E-state index is 0.0560. The summed E-state index contributed by atoms with van der Waals surface area (Å²) in [5.74, 6) is 0.157. The summed E-state index contributed by atoms with van der Waals surface area (Å²) in [6.07, 6.45) is 2.27. The van der Waals surface area contributed by atoms with Crippen LogP contribution in [0.1, 0.15) is 38.3 Å². The van der Waals surface area contributed by atoms with Crippen LogP contribution in [0.5, 0.6) is 0 Å². The van der Waals surface area contributed by atoms with Crippen molar-refractivity contribution in [2.75, 3.05) is 0 Å². The number of nitrogens with two attached hydrogens (primary N) is 1. The number of amides is 1. The van der Waals surface area contributed by atoms with Crippen molar-refractivity contribution < 1.29 is 10.1 Å². The zero-order valence-corrected chi connectivity index (χ0v) is 12.7. The van der Waals surface area contributed by atoms with Crippen LogP contribution in [0.3, 0.4) is 0 Å². The second-order valence-electron chi connectivity index (χ2n) is 6.12. The summed E-state index contributed by atoms with van der Waals surface area (Å²) >= 11 is 0. The number of carbonyl (C=O) groups excluding carboxylic acids is 1. The first-order valence-corrected chi connectivity index (χ1v) is 7.78. The lowest BCUT2D eigenvalue weighted by Gasteiger charge is -2.18. The topological polar surface area (TPSA) is 45.7 Å². The van der Waals surface area contributed by atoms with E-state index in [-0.39, 0.29) is 18.0 Å². The summed E-state index contributed by atoms with van der Waals surface area (Å²) < 4.78 is 0. The van der Waals surface area contributed by atoms with Crippen molar-refractivity contribution in [1.82, 2.24) is 5.32 Å². The first-order chi connectivity index (χ1) is 10.1. The van der Waals surface area contributed by atoms with Gasteiger partial charge in [0.25, 0.3) is 5.91 Å². The summed E-state index contributed by atoms with van der Waals surface area (Å²) in [4.78, 5) is 12.1. The zero-order chi connectivity index (χ0) is 14.8. The lowest BCUT2D eigenvalue weighted by Crippen LogP contribution is -2.92. The van der Waals surface area contributed by atoms with Gasteiger partial charge in [-0.1, -0.05) is 42.5 Å². The van der Waals surface area contributed by atoms with Crippen molar-refractivity contribution in [3.05, 3.63) is 48.0 Å². The molecule has 3 heteroatoms. The fraction of sp³-hybridized carbons (Fsp3) is 0.389. The second kappa shape index (κ2) is 5.86. The Morgan fingerprint density at radius 1 is 1.14 bits per heavy atom. The van der Waals surface area contributed by atoms with E-state index in [0.717, 1.165) is 12.8 Å². The molecule has 1 fully saturated rings. The van der Waals surface area contributed by atoms with E-state index < -0.39 is 0 Å². The van der Waals surface area contributed by atoms with Gasteiger partial charge in [-0.05, 0) is 37.5 Å². The lowest BCUT2D eigenvalue weighted by atomic mass is 9.99. The number of quaternary nitrogens is 1. The molecular formula is C18H23N2O+. The van der Waals surface area contributed by atoms with Crippen LogP contribution in [0, 0.1) is 0 Å². The number of hydrogen-bond acceptors (Lipinski definition) is 1. The standard InChI is InChI=1S/C18H22N2O/c1-12(19-13(2)18(21)20-15-10-11-15)16-9-5-7-14-6-3-4-8-17(14)16/h3-9,12-13,15,19H,10-11H2,1-2H3,(H,20,21)/p+1/t12-,13+/m0/s1. The molecule has 0 aromatic heterocycles. The molecule has 1 aliphatic carbocycles. The number of carbonyl (C=O) groups is 1. The maximum Gasteiger partial charge on any atom is 0.278 e. The Labute approximate surface area is 125 Å². The summed E-state index contributed by atoms with van der Waals surface area (Å²) in [6.45, 7) is 4.15. The molecule has 21 heavy (non-hydrogen) atoms. The van der Waals surface area contributed by atoms with Gasteiger partial charge in [-0.25, -0.2) is 0 Å². The highest BCUT2D eigenvalue weighted by Gasteiger charge is 2.28. The molecule has 0 radical (unpaired) electrons. The third-order valence-electron chi connectivity index (χ3n) is 4.23. The Hall–Kier alpha value is -1.87. The maximum absolute atomic E-state index is 12.1. The van der Waals surface area contributed by atoms with Crippen molar-refractivity contribution in [3.8, 4) is 0 Å². The SMILES string of the molecule is C[C@H]([NH2+][C@H](C)C(=O)NC1CC1)c1cccc2ccccc12. The van der Waals surface area contributed by atoms with E-state index in [9.17, 15) is 4.79 Å². The number of hydrogen-bond donors (Lipinski definition) is 2. The van der Waals surface area contributed by atoms with Crippen LogP contribution in [0.15, 0.2) is 42.5 Å². The molecule has 2 atom stereocenters. The van der Waals surface area contributed by atoms with Crippen LogP contribution in [0.25, 0.3) is 10.8 Å². The first-order valence-electron chi connectivity index (χ1n) is 7.78. The molecule has 3 rings (SSSR count). The maximum atomic E-state index is 12.1. The molecule has 1 saturated carbocycles. The average molecular weight is 283 g/mol. The van der Waals surface area contributed by atoms with Crippen molar-refractivity contribution in [2.45, 2.75) is 44.8 Å². The Morgan fingerprint density at radius 3 is 2.62 bits per heavy atom. The molecule has 3 nitrogen and oxygen atoms in total. The number of fused-ring (bicyclic) bond motifs is 1. The van der Waals surface area contributed by atoms with Gasteiger partial charge in [0.1, 0.15) is 6.04 Å². The van der Waals surface area contributed by atoms with Crippen LogP contribution in [0.2, 0.25) is 0 Å². The summed E-state index contributed by atoms with van der Waals surface area (Å²) in [7, 11) is 0. The van der Waals surface area contributed by atoms with E-state index in [1.165, 1.54) is 16.3 Å². The second-order valence-corrected chi connectivity index (χ2v) is 6.12. The summed E-state index contributed by atoms with van der Waals surface area (Å²) in [5, 5.41) is 7.76. The highest BCUT2D eigenvalue weighted by Crippen LogP contribution is 2.22. The van der Waals surface area contributed by atoms with Crippen LogP contribution in [-0.2, 0) is 4.79 Å². The Morgan fingerprint density at radius 2 is 1.86 bits per heavy atom. The van der Waals surface area contributed by atoms with Crippen molar-refractivity contribution in [2.24, 2.45) is 0 Å². The predicted molar refractivity (Wildman–Crippen MR) is 84.9 cm³/mol. The third kappa shape index (κ3) is 3.24. The summed E-state index contributed by atoms with van der Waals surface area (Å²) in [6, 6.07) is 15.4. The fourth-order valence-electron chi connectivity index (χ4n) is 2.83. The molecule has 0 unspecified atom stereocenters. The third-order valence-corrected chi connectivity index (χ3v) is 4.23. The number of rotatable bonds is 5. The molecule has 0 heterocycles. The van der Waals surface area contributed by atoms with Gasteiger partial charge in [0, 0.05) is 11.6 Å². The average Bonchev–Trinajstić information content (AvgIpc) is 3.30. The van der Waals surface area contributed by atoms with Crippen LogP contribution >= 0.6 is 0 Å². The van der Waals surface area contributed by atoms with Gasteiger partial charge in [-0.15, -0.1) is 0 Å². The van der Waals surface area contributed by atoms with E-state index >= 15 is 0 Å². The Kier molecular flexibility index (Phi) is 3.93. The van der Waals surface area contributed by atoms with Crippen molar-refractivity contribution in [3.63, 3.8) is 0 Å². The molecule has 0 saturated heterocycles. The normalized spacial score (nSPS) is 17.4. The van der Waals surface area contributed by atoms with Gasteiger partial charge in [0.2, 0.25) is 0 Å². The fourth-order valence-corrected chi connectivity index (χ4v) is 2.83. The quantitative estimate of drug-likeness (QED) is 0.867. The minimum atomic E-state index is -0.0560. The molecule has 0 bridgehead atoms. The molecule has 2 aromatic carbocycles. The Bertz CT molecular complexity index is 643. The lowest BCUT2D eigenvalue weighted by molar-refractivity contribution is -0.710. The highest BCUT2D eigenvalue weighted by atomic mass is 16.2. The molecule has 2 aromatic rings. The first kappa shape index (κ1) is 14.1. The number of nitrogens with one attached hydrogen (secondary N) is 1. The van der Waals surface area contributed by atoms with E-state index in [2.05, 4.69) is 60.0 Å². The van der Waals surface area contributed by atoms with E-state index in [1.54, 1.807) is 0 Å². The highest BCUT2D eigenvalue weighted by molar-refractivity contribution is 5.86. The van der Waals surface area contributed by atoms with Gasteiger partial charge in [0.05, 0.1) is 0 Å². The predicted octanol–water partition coefficient (Wildman–Crippen LogP) is 2.13. The molecule has 0 aliphatic heterocycles. The largest absolute Gasteiger partial charge is 0.348 e. The van der Waals surface area contributed by atoms with E-state index in [0.29, 0.717) is 6.04 Å². The van der Waals surface area contributed by atoms with Gasteiger partial charge in [-0.3, -0.25) is 4.79 Å². The molecule has 3 N–H and O–H groups in total. The van der Waals surface area contributed by atoms with Crippen molar-refractivity contribution >= 4 is 16.7 Å². The van der Waals surface area contributed by atoms with Gasteiger partial charge in [0.15, 0.2) is 6.04 Å². The molecule has 0 spiro atoms. The van der Waals surface area contributed by atoms with Crippen LogP contribution < -0.4 is 10.6 Å². The van der Waals surface area contributed by atoms with Crippen LogP contribution in [0.4, 0.5) is 0 Å².